The van der Waals surface area contributed by atoms with Crippen LogP contribution in [0.25, 0.3) is 0 Å². The summed E-state index contributed by atoms with van der Waals surface area (Å²) in [5, 5.41) is 0. The van der Waals surface area contributed by atoms with Crippen molar-refractivity contribution < 1.29 is 4.79 Å². The normalized spacial score (nSPS) is 9.75. The zero-order chi connectivity index (χ0) is 9.14. The summed E-state index contributed by atoms with van der Waals surface area (Å²) in [4.78, 5) is 24.2. The molecule has 4 heteroatoms. The van der Waals surface area contributed by atoms with E-state index >= 15 is 0 Å². The highest BCUT2D eigenvalue weighted by Crippen LogP contribution is 2.01. The summed E-state index contributed by atoms with van der Waals surface area (Å²) in [7, 11) is 0. The minimum Gasteiger partial charge on any atom is -0.366 e. The summed E-state index contributed by atoms with van der Waals surface area (Å²) in [5.74, 6) is -0.511. The Morgan fingerprint density at radius 3 is 2.75 bits per heavy atom. The van der Waals surface area contributed by atoms with Gasteiger partial charge in [0, 0.05) is 11.8 Å². The first-order valence-electron chi connectivity index (χ1n) is 3.67. The maximum atomic E-state index is 10.8. The molecule has 1 aromatic heterocycles. The van der Waals surface area contributed by atoms with Crippen LogP contribution in [-0.4, -0.2) is 10.9 Å². The number of aromatic amines is 1. The fourth-order valence-electron chi connectivity index (χ4n) is 1.03. The highest BCUT2D eigenvalue weighted by atomic mass is 16.1. The third-order valence-corrected chi connectivity index (χ3v) is 1.62. The van der Waals surface area contributed by atoms with Gasteiger partial charge < -0.3 is 10.7 Å². The number of aryl methyl sites for hydroxylation is 1. The van der Waals surface area contributed by atoms with Gasteiger partial charge in [-0.1, -0.05) is 6.92 Å². The van der Waals surface area contributed by atoms with Gasteiger partial charge in [-0.3, -0.25) is 9.59 Å². The molecule has 0 spiro atoms. The van der Waals surface area contributed by atoms with E-state index in [0.717, 1.165) is 0 Å². The molecule has 0 saturated heterocycles. The van der Waals surface area contributed by atoms with Crippen LogP contribution in [0.2, 0.25) is 0 Å². The van der Waals surface area contributed by atoms with Crippen molar-refractivity contribution in [1.82, 2.24) is 4.98 Å². The first-order chi connectivity index (χ1) is 5.65. The standard InChI is InChI=1S/C8H10N2O2/c1-2-6-5(8(9)12)3-4-7(11)10-6/h3-4H,2H2,1H3,(H2,9,12)(H,10,11). The SMILES string of the molecule is CCc1[nH]c(=O)ccc1C(N)=O. The Balaban J connectivity index is 3.29. The molecular weight excluding hydrogens is 156 g/mol. The van der Waals surface area contributed by atoms with E-state index in [4.69, 9.17) is 5.73 Å². The molecule has 0 saturated carbocycles. The lowest BCUT2D eigenvalue weighted by Gasteiger charge is -2.01. The first kappa shape index (κ1) is 8.52. The summed E-state index contributed by atoms with van der Waals surface area (Å²) < 4.78 is 0. The molecular formula is C8H10N2O2. The van der Waals surface area contributed by atoms with E-state index in [1.165, 1.54) is 12.1 Å². The number of carbonyl (C=O) groups is 1. The molecule has 1 heterocycles. The van der Waals surface area contributed by atoms with E-state index < -0.39 is 5.91 Å². The summed E-state index contributed by atoms with van der Waals surface area (Å²) >= 11 is 0. The van der Waals surface area contributed by atoms with Crippen molar-refractivity contribution in [3.05, 3.63) is 33.7 Å². The fraction of sp³-hybridized carbons (Fsp3) is 0.250. The number of hydrogen-bond donors (Lipinski definition) is 2. The van der Waals surface area contributed by atoms with Crippen LogP contribution in [0.3, 0.4) is 0 Å². The van der Waals surface area contributed by atoms with Gasteiger partial charge in [-0.15, -0.1) is 0 Å². The zero-order valence-electron chi connectivity index (χ0n) is 6.76. The molecule has 0 bridgehead atoms. The average Bonchev–Trinajstić information content (AvgIpc) is 2.03. The number of nitrogens with one attached hydrogen (secondary N) is 1. The van der Waals surface area contributed by atoms with Crippen LogP contribution in [0.15, 0.2) is 16.9 Å². The maximum Gasteiger partial charge on any atom is 0.250 e. The largest absolute Gasteiger partial charge is 0.366 e. The summed E-state index contributed by atoms with van der Waals surface area (Å²) in [5.41, 5.74) is 5.85. The van der Waals surface area contributed by atoms with Crippen LogP contribution in [0, 0.1) is 0 Å². The molecule has 0 aromatic carbocycles. The summed E-state index contributed by atoms with van der Waals surface area (Å²) in [6, 6.07) is 2.74. The van der Waals surface area contributed by atoms with Gasteiger partial charge in [0.05, 0.1) is 5.56 Å². The molecule has 1 aromatic rings. The molecule has 0 aliphatic heterocycles. The molecule has 0 atom stereocenters. The van der Waals surface area contributed by atoms with Gasteiger partial charge in [-0.05, 0) is 12.5 Å². The number of primary amides is 1. The van der Waals surface area contributed by atoms with Crippen LogP contribution >= 0.6 is 0 Å². The fourth-order valence-corrected chi connectivity index (χ4v) is 1.03. The molecule has 0 radical (unpaired) electrons. The van der Waals surface area contributed by atoms with Crippen molar-refractivity contribution in [3.63, 3.8) is 0 Å². The van der Waals surface area contributed by atoms with Crippen molar-refractivity contribution in [1.29, 1.82) is 0 Å². The Morgan fingerprint density at radius 1 is 1.58 bits per heavy atom. The van der Waals surface area contributed by atoms with Gasteiger partial charge in [0.2, 0.25) is 11.5 Å². The smallest absolute Gasteiger partial charge is 0.250 e. The Labute approximate surface area is 69.4 Å². The molecule has 4 nitrogen and oxygen atoms in total. The molecule has 0 unspecified atom stereocenters. The van der Waals surface area contributed by atoms with E-state index in [-0.39, 0.29) is 5.56 Å². The number of pyridine rings is 1. The lowest BCUT2D eigenvalue weighted by molar-refractivity contribution is 0.0999. The predicted octanol–water partition coefficient (Wildman–Crippen LogP) is 0.0362. The number of nitrogens with two attached hydrogens (primary N) is 1. The molecule has 0 aliphatic carbocycles. The highest BCUT2D eigenvalue weighted by Gasteiger charge is 2.05. The van der Waals surface area contributed by atoms with Crippen LogP contribution in [0.4, 0.5) is 0 Å². The Hall–Kier alpha value is -1.58. The molecule has 1 rings (SSSR count). The number of aromatic nitrogens is 1. The molecule has 3 N–H and O–H groups in total. The van der Waals surface area contributed by atoms with Gasteiger partial charge in [0.25, 0.3) is 0 Å². The van der Waals surface area contributed by atoms with Gasteiger partial charge >= 0.3 is 0 Å². The van der Waals surface area contributed by atoms with E-state index in [9.17, 15) is 9.59 Å². The minimum atomic E-state index is -0.511. The maximum absolute atomic E-state index is 10.8. The Kier molecular flexibility index (Phi) is 2.28. The Bertz CT molecular complexity index is 354. The average molecular weight is 166 g/mol. The van der Waals surface area contributed by atoms with Crippen LogP contribution in [0.1, 0.15) is 23.0 Å². The van der Waals surface area contributed by atoms with E-state index in [2.05, 4.69) is 4.98 Å². The highest BCUT2D eigenvalue weighted by molar-refractivity contribution is 5.93. The molecule has 64 valence electrons. The van der Waals surface area contributed by atoms with Crippen LogP contribution < -0.4 is 11.3 Å². The molecule has 0 fully saturated rings. The number of amides is 1. The second-order valence-corrected chi connectivity index (χ2v) is 2.43. The topological polar surface area (TPSA) is 75.9 Å². The van der Waals surface area contributed by atoms with Gasteiger partial charge in [0.15, 0.2) is 0 Å². The van der Waals surface area contributed by atoms with Gasteiger partial charge in [0.1, 0.15) is 0 Å². The molecule has 0 aliphatic rings. The summed E-state index contributed by atoms with van der Waals surface area (Å²) in [6.45, 7) is 1.84. The lowest BCUT2D eigenvalue weighted by atomic mass is 10.1. The number of H-pyrrole nitrogens is 1. The predicted molar refractivity (Wildman–Crippen MR) is 45.0 cm³/mol. The van der Waals surface area contributed by atoms with E-state index in [0.29, 0.717) is 17.7 Å². The van der Waals surface area contributed by atoms with Crippen LogP contribution in [-0.2, 0) is 6.42 Å². The second kappa shape index (κ2) is 3.21. The van der Waals surface area contributed by atoms with Crippen LogP contribution in [0.5, 0.6) is 0 Å². The van der Waals surface area contributed by atoms with Crippen molar-refractivity contribution >= 4 is 5.91 Å². The monoisotopic (exact) mass is 166 g/mol. The number of carbonyl (C=O) groups excluding carboxylic acids is 1. The third kappa shape index (κ3) is 1.53. The summed E-state index contributed by atoms with van der Waals surface area (Å²) in [6.07, 6.45) is 0.592. The van der Waals surface area contributed by atoms with Crippen molar-refractivity contribution in [2.45, 2.75) is 13.3 Å². The molecule has 1 amide bonds. The third-order valence-electron chi connectivity index (χ3n) is 1.62. The zero-order valence-corrected chi connectivity index (χ0v) is 6.76. The number of rotatable bonds is 2. The Morgan fingerprint density at radius 2 is 2.25 bits per heavy atom. The lowest BCUT2D eigenvalue weighted by Crippen LogP contribution is -2.18. The first-order valence-corrected chi connectivity index (χ1v) is 3.67. The quantitative estimate of drug-likeness (QED) is 0.650. The van der Waals surface area contributed by atoms with E-state index in [1.54, 1.807) is 0 Å². The number of hydrogen-bond acceptors (Lipinski definition) is 2. The molecule has 12 heavy (non-hydrogen) atoms. The van der Waals surface area contributed by atoms with Crippen molar-refractivity contribution in [3.8, 4) is 0 Å². The minimum absolute atomic E-state index is 0.211. The van der Waals surface area contributed by atoms with Gasteiger partial charge in [-0.2, -0.15) is 0 Å². The van der Waals surface area contributed by atoms with Crippen molar-refractivity contribution in [2.24, 2.45) is 5.73 Å². The second-order valence-electron chi connectivity index (χ2n) is 2.43. The van der Waals surface area contributed by atoms with E-state index in [1.807, 2.05) is 6.92 Å². The van der Waals surface area contributed by atoms with Gasteiger partial charge in [-0.25, -0.2) is 0 Å². The van der Waals surface area contributed by atoms with Crippen molar-refractivity contribution in [2.75, 3.05) is 0 Å².